The SMILES string of the molecule is CN(C)c1ccc2c(c1)[Si](C)(C)C1=CC(=[N+](C)C)C=CC1=C2c1cc(C(=O)ON2C(=O)CCC2=O)ccc1C(=O)O.O=C([O-])C(F)(F)F. The van der Waals surface area contributed by atoms with E-state index in [0.717, 1.165) is 32.9 Å². The zero-order chi connectivity index (χ0) is 35.9. The number of hydrogen-bond donors (Lipinski definition) is 1. The monoisotopic (exact) mass is 683 g/mol. The molecule has 0 aromatic heterocycles. The van der Waals surface area contributed by atoms with Crippen LogP contribution in [0.25, 0.3) is 5.57 Å². The first-order valence-electron chi connectivity index (χ1n) is 14.5. The Kier molecular flexibility index (Phi) is 9.67. The normalized spacial score (nSPS) is 16.4. The van der Waals surface area contributed by atoms with Crippen molar-refractivity contribution in [3.05, 3.63) is 87.6 Å². The molecule has 0 saturated carbocycles. The number of alkyl halides is 3. The zero-order valence-electron chi connectivity index (χ0n) is 26.9. The summed E-state index contributed by atoms with van der Waals surface area (Å²) in [7, 11) is 5.65. The maximum Gasteiger partial charge on any atom is 0.430 e. The van der Waals surface area contributed by atoms with Gasteiger partial charge in [0.25, 0.3) is 11.8 Å². The number of imide groups is 1. The maximum absolute atomic E-state index is 13.1. The molecule has 11 nitrogen and oxygen atoms in total. The topological polar surface area (TPSA) is 147 Å². The number of carbonyl (C=O) groups is 5. The summed E-state index contributed by atoms with van der Waals surface area (Å²) in [5, 5.41) is 21.8. The summed E-state index contributed by atoms with van der Waals surface area (Å²) in [5.41, 5.74) is 5.01. The molecule has 3 aliphatic rings. The van der Waals surface area contributed by atoms with Gasteiger partial charge in [-0.15, -0.1) is 5.06 Å². The maximum atomic E-state index is 13.1. The molecule has 252 valence electrons. The fraction of sp³-hybridized carbons (Fsp3) is 0.273. The van der Waals surface area contributed by atoms with Gasteiger partial charge in [-0.1, -0.05) is 19.2 Å². The molecule has 15 heteroatoms. The van der Waals surface area contributed by atoms with Crippen molar-refractivity contribution >= 4 is 60.0 Å². The van der Waals surface area contributed by atoms with Crippen LogP contribution >= 0.6 is 0 Å². The molecular weight excluding hydrogens is 651 g/mol. The van der Waals surface area contributed by atoms with E-state index in [0.29, 0.717) is 16.2 Å². The lowest BCUT2D eigenvalue weighted by Gasteiger charge is -2.38. The zero-order valence-corrected chi connectivity index (χ0v) is 27.9. The predicted molar refractivity (Wildman–Crippen MR) is 169 cm³/mol. The van der Waals surface area contributed by atoms with Crippen LogP contribution < -0.4 is 15.2 Å². The third-order valence-electron chi connectivity index (χ3n) is 8.09. The van der Waals surface area contributed by atoms with Crippen molar-refractivity contribution in [2.75, 3.05) is 33.1 Å². The molecule has 5 rings (SSSR count). The molecule has 1 fully saturated rings. The number of allylic oxidation sites excluding steroid dienone is 5. The highest BCUT2D eigenvalue weighted by atomic mass is 28.3. The van der Waals surface area contributed by atoms with Gasteiger partial charge in [0.15, 0.2) is 5.71 Å². The second-order valence-corrected chi connectivity index (χ2v) is 16.4. The van der Waals surface area contributed by atoms with Gasteiger partial charge in [-0.05, 0) is 69.1 Å². The molecule has 2 heterocycles. The number of aliphatic carboxylic acids is 1. The summed E-state index contributed by atoms with van der Waals surface area (Å²) in [5.74, 6) is -6.24. The Labute approximate surface area is 274 Å². The number of fused-ring (bicyclic) bond motifs is 2. The van der Waals surface area contributed by atoms with Crippen LogP contribution in [0.15, 0.2) is 65.4 Å². The van der Waals surface area contributed by atoms with Gasteiger partial charge in [-0.25, -0.2) is 14.2 Å². The van der Waals surface area contributed by atoms with Gasteiger partial charge in [0, 0.05) is 44.8 Å². The molecule has 1 N–H and O–H groups in total. The number of benzene rings is 2. The van der Waals surface area contributed by atoms with Gasteiger partial charge >= 0.3 is 18.1 Å². The van der Waals surface area contributed by atoms with Crippen LogP contribution in [-0.4, -0.2) is 92.6 Å². The summed E-state index contributed by atoms with van der Waals surface area (Å²) in [4.78, 5) is 65.7. The molecule has 0 bridgehead atoms. The Balaban J connectivity index is 0.000000671. The average molecular weight is 684 g/mol. The first-order valence-corrected chi connectivity index (χ1v) is 17.5. The van der Waals surface area contributed by atoms with Crippen molar-refractivity contribution in [3.63, 3.8) is 0 Å². The van der Waals surface area contributed by atoms with E-state index in [4.69, 9.17) is 14.7 Å². The second kappa shape index (κ2) is 13.1. The van der Waals surface area contributed by atoms with Crippen molar-refractivity contribution in [1.29, 1.82) is 0 Å². The van der Waals surface area contributed by atoms with Crippen molar-refractivity contribution in [3.8, 4) is 0 Å². The first-order chi connectivity index (χ1) is 22.2. The number of hydrogen-bond acceptors (Lipinski definition) is 8. The lowest BCUT2D eigenvalue weighted by molar-refractivity contribution is -0.462. The summed E-state index contributed by atoms with van der Waals surface area (Å²) >= 11 is 0. The number of halogens is 3. The van der Waals surface area contributed by atoms with Crippen LogP contribution in [0.5, 0.6) is 0 Å². The number of nitrogens with zero attached hydrogens (tertiary/aromatic N) is 3. The van der Waals surface area contributed by atoms with E-state index < -0.39 is 44.0 Å². The molecule has 0 unspecified atom stereocenters. The summed E-state index contributed by atoms with van der Waals surface area (Å²) in [6, 6.07) is 10.4. The Bertz CT molecular complexity index is 1870. The standard InChI is InChI=1S/C31H31N3O6Si.C2HF3O2/c1-32(2)19-8-11-22-25(16-19)41(5,6)26-17-20(33(3)4)9-12-23(26)29(22)24-15-18(7-10-21(24)30(37)38)31(39)40-34-27(35)13-14-28(34)36;3-2(4,5)1(6)7/h7-12,15-17H,13-14H2,1-6H3;(H,6,7). The molecule has 0 spiro atoms. The molecule has 0 radical (unpaired) electrons. The van der Waals surface area contributed by atoms with Crippen LogP contribution in [0.4, 0.5) is 18.9 Å². The molecule has 2 aliphatic heterocycles. The number of carboxylic acid groups (broad SMARTS) is 2. The molecule has 2 aromatic rings. The minimum absolute atomic E-state index is 0.0235. The molecular formula is C33H32F3N3O8Si. The first kappa shape index (κ1) is 35.5. The fourth-order valence-corrected chi connectivity index (χ4v) is 8.60. The van der Waals surface area contributed by atoms with Crippen molar-refractivity contribution < 1.29 is 56.8 Å². The molecule has 2 amide bonds. The van der Waals surface area contributed by atoms with E-state index in [2.05, 4.69) is 25.2 Å². The molecule has 1 aliphatic carbocycles. The van der Waals surface area contributed by atoms with Gasteiger partial charge < -0.3 is 24.7 Å². The Hall–Kier alpha value is -5.31. The Morgan fingerprint density at radius 1 is 0.979 bits per heavy atom. The fourth-order valence-electron chi connectivity index (χ4n) is 5.53. The van der Waals surface area contributed by atoms with Crippen molar-refractivity contribution in [2.24, 2.45) is 0 Å². The van der Waals surface area contributed by atoms with Crippen molar-refractivity contribution in [1.82, 2.24) is 5.06 Å². The van der Waals surface area contributed by atoms with Crippen LogP contribution in [0, 0.1) is 0 Å². The number of anilines is 1. The number of amides is 2. The van der Waals surface area contributed by atoms with E-state index in [1.54, 1.807) is 0 Å². The Morgan fingerprint density at radius 2 is 1.58 bits per heavy atom. The van der Waals surface area contributed by atoms with Gasteiger partial charge in [-0.2, -0.15) is 13.2 Å². The predicted octanol–water partition coefficient (Wildman–Crippen LogP) is 2.45. The van der Waals surface area contributed by atoms with Crippen LogP contribution in [0.3, 0.4) is 0 Å². The number of hydroxylamine groups is 2. The van der Waals surface area contributed by atoms with E-state index in [9.17, 15) is 37.5 Å². The van der Waals surface area contributed by atoms with Crippen LogP contribution in [0.2, 0.25) is 13.1 Å². The largest absolute Gasteiger partial charge is 0.542 e. The van der Waals surface area contributed by atoms with Gasteiger partial charge in [0.1, 0.15) is 28.1 Å². The second-order valence-electron chi connectivity index (χ2n) is 12.1. The van der Waals surface area contributed by atoms with Crippen molar-refractivity contribution in [2.45, 2.75) is 32.1 Å². The minimum atomic E-state index is -5.19. The van der Waals surface area contributed by atoms with E-state index in [1.165, 1.54) is 18.2 Å². The minimum Gasteiger partial charge on any atom is -0.542 e. The highest BCUT2D eigenvalue weighted by Gasteiger charge is 2.41. The van der Waals surface area contributed by atoms with Gasteiger partial charge in [-0.3, -0.25) is 9.59 Å². The molecule has 48 heavy (non-hydrogen) atoms. The number of rotatable bonds is 5. The van der Waals surface area contributed by atoms with Crippen LogP contribution in [-0.2, 0) is 19.2 Å². The number of carbonyl (C=O) groups excluding carboxylic acids is 4. The summed E-state index contributed by atoms with van der Waals surface area (Å²) in [6.07, 6.45) is 0.964. The van der Waals surface area contributed by atoms with Crippen LogP contribution in [0.1, 0.15) is 44.7 Å². The quantitative estimate of drug-likeness (QED) is 0.285. The highest BCUT2D eigenvalue weighted by molar-refractivity contribution is 6.98. The smallest absolute Gasteiger partial charge is 0.430 e. The van der Waals surface area contributed by atoms with E-state index >= 15 is 0 Å². The molecule has 1 saturated heterocycles. The Morgan fingerprint density at radius 3 is 2.10 bits per heavy atom. The van der Waals surface area contributed by atoms with Gasteiger partial charge in [0.2, 0.25) is 0 Å². The molecule has 2 aromatic carbocycles. The third-order valence-corrected chi connectivity index (χ3v) is 11.6. The third kappa shape index (κ3) is 6.86. The van der Waals surface area contributed by atoms with Gasteiger partial charge in [0.05, 0.1) is 11.1 Å². The summed E-state index contributed by atoms with van der Waals surface area (Å²) in [6.45, 7) is 4.58. The highest BCUT2D eigenvalue weighted by Crippen LogP contribution is 2.43. The lowest BCUT2D eigenvalue weighted by atomic mass is 9.86. The van der Waals surface area contributed by atoms with E-state index in [-0.39, 0.29) is 24.0 Å². The lowest BCUT2D eigenvalue weighted by Crippen LogP contribution is -2.49. The average Bonchev–Trinajstić information content (AvgIpc) is 3.32. The number of aromatic carboxylic acids is 1. The number of carboxylic acids is 2. The molecule has 0 atom stereocenters. The summed E-state index contributed by atoms with van der Waals surface area (Å²) < 4.78 is 33.6. The van der Waals surface area contributed by atoms with E-state index in [1.807, 2.05) is 62.0 Å².